The topological polar surface area (TPSA) is 86.2 Å². The summed E-state index contributed by atoms with van der Waals surface area (Å²) in [4.78, 5) is 23.3. The molecule has 0 saturated heterocycles. The van der Waals surface area contributed by atoms with Crippen molar-refractivity contribution in [3.8, 4) is 11.5 Å². The Kier molecular flexibility index (Phi) is 7.17. The van der Waals surface area contributed by atoms with Gasteiger partial charge < -0.3 is 14.2 Å². The number of ether oxygens (including phenoxy) is 3. The van der Waals surface area contributed by atoms with Gasteiger partial charge in [-0.15, -0.1) is 0 Å². The molecule has 0 unspecified atom stereocenters. The quantitative estimate of drug-likeness (QED) is 0.446. The first-order chi connectivity index (χ1) is 12.6. The molecule has 26 heavy (non-hydrogen) atoms. The SMILES string of the molecule is CCOC(=O)c1ccc(OCC(=O)NN=Cc2ccccc2OC)cc1. The third-order valence-electron chi connectivity index (χ3n) is 3.27. The van der Waals surface area contributed by atoms with Gasteiger partial charge in [-0.3, -0.25) is 4.79 Å². The van der Waals surface area contributed by atoms with Gasteiger partial charge in [0, 0.05) is 5.56 Å². The zero-order valence-corrected chi connectivity index (χ0v) is 14.6. The molecule has 0 bridgehead atoms. The van der Waals surface area contributed by atoms with Gasteiger partial charge in [-0.05, 0) is 43.3 Å². The Morgan fingerprint density at radius 2 is 1.85 bits per heavy atom. The van der Waals surface area contributed by atoms with Crippen molar-refractivity contribution in [2.45, 2.75) is 6.92 Å². The van der Waals surface area contributed by atoms with Crippen LogP contribution in [0.3, 0.4) is 0 Å². The number of benzene rings is 2. The molecular weight excluding hydrogens is 336 g/mol. The second kappa shape index (κ2) is 9.83. The van der Waals surface area contributed by atoms with Crippen molar-refractivity contribution >= 4 is 18.1 Å². The molecule has 1 N–H and O–H groups in total. The van der Waals surface area contributed by atoms with E-state index in [2.05, 4.69) is 10.5 Å². The number of amides is 1. The molecule has 0 spiro atoms. The lowest BCUT2D eigenvalue weighted by Crippen LogP contribution is -2.24. The minimum Gasteiger partial charge on any atom is -0.496 e. The van der Waals surface area contributed by atoms with E-state index in [1.54, 1.807) is 44.4 Å². The van der Waals surface area contributed by atoms with Crippen molar-refractivity contribution in [3.63, 3.8) is 0 Å². The molecule has 1 amide bonds. The van der Waals surface area contributed by atoms with E-state index in [9.17, 15) is 9.59 Å². The Labute approximate surface area is 151 Å². The molecule has 0 radical (unpaired) electrons. The van der Waals surface area contributed by atoms with Crippen LogP contribution in [0.5, 0.6) is 11.5 Å². The van der Waals surface area contributed by atoms with Crippen molar-refractivity contribution in [2.24, 2.45) is 5.10 Å². The van der Waals surface area contributed by atoms with Gasteiger partial charge in [0.15, 0.2) is 6.61 Å². The lowest BCUT2D eigenvalue weighted by atomic mass is 10.2. The van der Waals surface area contributed by atoms with Gasteiger partial charge in [-0.25, -0.2) is 10.2 Å². The Hall–Kier alpha value is -3.35. The summed E-state index contributed by atoms with van der Waals surface area (Å²) in [5, 5.41) is 3.87. The van der Waals surface area contributed by atoms with Crippen molar-refractivity contribution in [1.82, 2.24) is 5.43 Å². The van der Waals surface area contributed by atoms with E-state index in [0.717, 1.165) is 5.56 Å². The van der Waals surface area contributed by atoms with E-state index in [1.807, 2.05) is 18.2 Å². The lowest BCUT2D eigenvalue weighted by Gasteiger charge is -2.06. The molecule has 0 aliphatic rings. The van der Waals surface area contributed by atoms with Gasteiger partial charge in [-0.2, -0.15) is 5.10 Å². The summed E-state index contributed by atoms with van der Waals surface area (Å²) in [7, 11) is 1.56. The fourth-order valence-electron chi connectivity index (χ4n) is 2.03. The average molecular weight is 356 g/mol. The van der Waals surface area contributed by atoms with Crippen LogP contribution in [0.25, 0.3) is 0 Å². The fraction of sp³-hybridized carbons (Fsp3) is 0.211. The van der Waals surface area contributed by atoms with Crippen molar-refractivity contribution in [1.29, 1.82) is 0 Å². The third-order valence-corrected chi connectivity index (χ3v) is 3.27. The Balaban J connectivity index is 1.81. The minimum absolute atomic E-state index is 0.206. The van der Waals surface area contributed by atoms with Crippen LogP contribution in [0.1, 0.15) is 22.8 Å². The molecule has 2 aromatic carbocycles. The van der Waals surface area contributed by atoms with Crippen LogP contribution in [0.15, 0.2) is 53.6 Å². The largest absolute Gasteiger partial charge is 0.496 e. The summed E-state index contributed by atoms with van der Waals surface area (Å²) in [5.41, 5.74) is 3.54. The van der Waals surface area contributed by atoms with Crippen molar-refractivity contribution < 1.29 is 23.8 Å². The maximum atomic E-state index is 11.8. The highest BCUT2D eigenvalue weighted by atomic mass is 16.5. The molecule has 7 nitrogen and oxygen atoms in total. The number of methoxy groups -OCH3 is 1. The van der Waals surface area contributed by atoms with Crippen molar-refractivity contribution in [2.75, 3.05) is 20.3 Å². The van der Waals surface area contributed by atoms with Gasteiger partial charge in [0.1, 0.15) is 11.5 Å². The monoisotopic (exact) mass is 356 g/mol. The van der Waals surface area contributed by atoms with E-state index in [1.165, 1.54) is 6.21 Å². The highest BCUT2D eigenvalue weighted by Crippen LogP contribution is 2.14. The number of hydrazone groups is 1. The molecule has 0 aliphatic carbocycles. The van der Waals surface area contributed by atoms with Gasteiger partial charge in [0.25, 0.3) is 5.91 Å². The van der Waals surface area contributed by atoms with Crippen LogP contribution in [0.4, 0.5) is 0 Å². The van der Waals surface area contributed by atoms with Crippen LogP contribution in [-0.2, 0) is 9.53 Å². The summed E-state index contributed by atoms with van der Waals surface area (Å²) in [5.74, 6) is 0.304. The van der Waals surface area contributed by atoms with Gasteiger partial charge >= 0.3 is 5.97 Å². The Morgan fingerprint density at radius 1 is 1.12 bits per heavy atom. The molecule has 0 saturated carbocycles. The van der Waals surface area contributed by atoms with E-state index >= 15 is 0 Å². The molecular formula is C19H20N2O5. The number of carbonyl (C=O) groups excluding carboxylic acids is 2. The number of carbonyl (C=O) groups is 2. The number of esters is 1. The summed E-state index contributed by atoms with van der Waals surface area (Å²) < 4.78 is 15.4. The first-order valence-electron chi connectivity index (χ1n) is 7.99. The predicted molar refractivity (Wildman–Crippen MR) is 96.6 cm³/mol. The Morgan fingerprint density at radius 3 is 2.54 bits per heavy atom. The first-order valence-corrected chi connectivity index (χ1v) is 7.99. The van der Waals surface area contributed by atoms with Gasteiger partial charge in [0.05, 0.1) is 25.5 Å². The second-order valence-electron chi connectivity index (χ2n) is 5.07. The lowest BCUT2D eigenvalue weighted by molar-refractivity contribution is -0.123. The second-order valence-corrected chi connectivity index (χ2v) is 5.07. The molecule has 0 heterocycles. The number of hydrogen-bond donors (Lipinski definition) is 1. The van der Waals surface area contributed by atoms with Crippen LogP contribution < -0.4 is 14.9 Å². The minimum atomic E-state index is -0.411. The molecule has 2 aromatic rings. The summed E-state index contributed by atoms with van der Waals surface area (Å²) in [6.07, 6.45) is 1.49. The van der Waals surface area contributed by atoms with Crippen LogP contribution in [0.2, 0.25) is 0 Å². The van der Waals surface area contributed by atoms with E-state index in [-0.39, 0.29) is 6.61 Å². The number of nitrogens with one attached hydrogen (secondary N) is 1. The van der Waals surface area contributed by atoms with E-state index in [0.29, 0.717) is 23.7 Å². The van der Waals surface area contributed by atoms with Crippen LogP contribution >= 0.6 is 0 Å². The van der Waals surface area contributed by atoms with Gasteiger partial charge in [-0.1, -0.05) is 12.1 Å². The third kappa shape index (κ3) is 5.62. The number of nitrogens with zero attached hydrogens (tertiary/aromatic N) is 1. The van der Waals surface area contributed by atoms with Crippen LogP contribution in [-0.4, -0.2) is 38.4 Å². The first kappa shape index (κ1) is 19.0. The molecule has 0 fully saturated rings. The number of para-hydroxylation sites is 1. The normalized spacial score (nSPS) is 10.4. The number of rotatable bonds is 8. The van der Waals surface area contributed by atoms with Gasteiger partial charge in [0.2, 0.25) is 0 Å². The van der Waals surface area contributed by atoms with E-state index < -0.39 is 11.9 Å². The predicted octanol–water partition coefficient (Wildman–Crippen LogP) is 2.40. The highest BCUT2D eigenvalue weighted by Gasteiger charge is 2.07. The summed E-state index contributed by atoms with van der Waals surface area (Å²) in [6.45, 7) is 1.85. The zero-order chi connectivity index (χ0) is 18.8. The summed E-state index contributed by atoms with van der Waals surface area (Å²) >= 11 is 0. The smallest absolute Gasteiger partial charge is 0.338 e. The van der Waals surface area contributed by atoms with Crippen molar-refractivity contribution in [3.05, 3.63) is 59.7 Å². The average Bonchev–Trinajstić information content (AvgIpc) is 2.67. The standard InChI is InChI=1S/C19H20N2O5/c1-3-25-19(23)14-8-10-16(11-9-14)26-13-18(22)21-20-12-15-6-4-5-7-17(15)24-2/h4-12H,3,13H2,1-2H3,(H,21,22). The van der Waals surface area contributed by atoms with E-state index in [4.69, 9.17) is 14.2 Å². The molecule has 0 atom stereocenters. The van der Waals surface area contributed by atoms with Crippen LogP contribution in [0, 0.1) is 0 Å². The highest BCUT2D eigenvalue weighted by molar-refractivity contribution is 5.89. The number of hydrogen-bond acceptors (Lipinski definition) is 6. The molecule has 0 aromatic heterocycles. The molecule has 136 valence electrons. The molecule has 2 rings (SSSR count). The molecule has 0 aliphatic heterocycles. The maximum absolute atomic E-state index is 11.8. The molecule has 7 heteroatoms. The summed E-state index contributed by atoms with van der Waals surface area (Å²) in [6, 6.07) is 13.6. The Bertz CT molecular complexity index is 772. The maximum Gasteiger partial charge on any atom is 0.338 e. The fourth-order valence-corrected chi connectivity index (χ4v) is 2.03. The zero-order valence-electron chi connectivity index (χ0n) is 14.6.